The average molecular weight is 321 g/mol. The van der Waals surface area contributed by atoms with Crippen molar-refractivity contribution in [3.63, 3.8) is 0 Å². The highest BCUT2D eigenvalue weighted by Gasteiger charge is 2.33. The molecule has 0 amide bonds. The Morgan fingerprint density at radius 1 is 1.17 bits per heavy atom. The van der Waals surface area contributed by atoms with E-state index in [0.29, 0.717) is 22.8 Å². The molecule has 4 nitrogen and oxygen atoms in total. The summed E-state index contributed by atoms with van der Waals surface area (Å²) in [6, 6.07) is 13.7. The fraction of sp³-hybridized carbons (Fsp3) is 0.158. The molecule has 0 fully saturated rings. The highest BCUT2D eigenvalue weighted by atomic mass is 19.1. The van der Waals surface area contributed by atoms with E-state index < -0.39 is 6.04 Å². The van der Waals surface area contributed by atoms with Crippen LogP contribution in [-0.2, 0) is 4.79 Å². The molecule has 1 N–H and O–H groups in total. The van der Waals surface area contributed by atoms with Crippen LogP contribution < -0.4 is 5.32 Å². The quantitative estimate of drug-likeness (QED) is 0.774. The minimum atomic E-state index is -0.535. The maximum atomic E-state index is 14.6. The van der Waals surface area contributed by atoms with Gasteiger partial charge in [-0.15, -0.1) is 0 Å². The third-order valence-electron chi connectivity index (χ3n) is 4.41. The molecule has 24 heavy (non-hydrogen) atoms. The fourth-order valence-electron chi connectivity index (χ4n) is 3.41. The summed E-state index contributed by atoms with van der Waals surface area (Å²) in [5.74, 6) is 0.198. The molecule has 120 valence electrons. The molecule has 1 aromatic heterocycles. The van der Waals surface area contributed by atoms with Crippen molar-refractivity contribution in [1.82, 2.24) is 9.55 Å². The number of hydrogen-bond acceptors (Lipinski definition) is 3. The number of hydrogen-bond donors (Lipinski definition) is 1. The Hall–Kier alpha value is -2.95. The van der Waals surface area contributed by atoms with E-state index in [1.54, 1.807) is 18.2 Å². The van der Waals surface area contributed by atoms with Crippen LogP contribution >= 0.6 is 0 Å². The Morgan fingerprint density at radius 2 is 1.88 bits per heavy atom. The summed E-state index contributed by atoms with van der Waals surface area (Å²) in [6.07, 6.45) is 0. The number of para-hydroxylation sites is 2. The van der Waals surface area contributed by atoms with Gasteiger partial charge in [0.25, 0.3) is 0 Å². The van der Waals surface area contributed by atoms with Crippen molar-refractivity contribution in [2.75, 3.05) is 5.32 Å². The molecule has 2 aromatic carbocycles. The molecule has 1 atom stereocenters. The maximum absolute atomic E-state index is 14.6. The van der Waals surface area contributed by atoms with Crippen LogP contribution in [-0.4, -0.2) is 15.3 Å². The van der Waals surface area contributed by atoms with Crippen LogP contribution in [0, 0.1) is 5.82 Å². The number of carbonyl (C=O) groups is 1. The van der Waals surface area contributed by atoms with Crippen LogP contribution in [0.3, 0.4) is 0 Å². The number of fused-ring (bicyclic) bond motifs is 3. The molecule has 5 heteroatoms. The lowest BCUT2D eigenvalue weighted by Gasteiger charge is -2.30. The zero-order valence-corrected chi connectivity index (χ0v) is 13.4. The van der Waals surface area contributed by atoms with Crippen molar-refractivity contribution in [1.29, 1.82) is 0 Å². The largest absolute Gasteiger partial charge is 0.329 e. The molecule has 0 bridgehead atoms. The Labute approximate surface area is 138 Å². The first-order chi connectivity index (χ1) is 11.6. The highest BCUT2D eigenvalue weighted by Crippen LogP contribution is 2.39. The van der Waals surface area contributed by atoms with Crippen molar-refractivity contribution in [2.24, 2.45) is 0 Å². The van der Waals surface area contributed by atoms with Crippen LogP contribution in [0.4, 0.5) is 10.3 Å². The molecule has 0 saturated heterocycles. The number of allylic oxidation sites excluding steroid dienone is 2. The average Bonchev–Trinajstić information content (AvgIpc) is 2.91. The summed E-state index contributed by atoms with van der Waals surface area (Å²) in [4.78, 5) is 16.9. The minimum absolute atomic E-state index is 0.0864. The molecule has 0 aliphatic carbocycles. The Balaban J connectivity index is 2.07. The number of aromatic nitrogens is 2. The molecular formula is C19H16FN3O. The summed E-state index contributed by atoms with van der Waals surface area (Å²) >= 11 is 0. The summed E-state index contributed by atoms with van der Waals surface area (Å²) < 4.78 is 16.5. The Bertz CT molecular complexity index is 1000. The number of imidazole rings is 1. The van der Waals surface area contributed by atoms with Crippen molar-refractivity contribution in [3.05, 3.63) is 71.2 Å². The van der Waals surface area contributed by atoms with Crippen molar-refractivity contribution in [2.45, 2.75) is 19.9 Å². The van der Waals surface area contributed by atoms with Gasteiger partial charge in [0, 0.05) is 16.8 Å². The second-order valence-electron chi connectivity index (χ2n) is 5.94. The van der Waals surface area contributed by atoms with Crippen LogP contribution in [0.15, 0.2) is 59.8 Å². The van der Waals surface area contributed by atoms with Gasteiger partial charge in [-0.3, -0.25) is 9.36 Å². The number of rotatable bonds is 2. The Kier molecular flexibility index (Phi) is 3.23. The number of carbonyl (C=O) groups excluding carboxylic acids is 1. The van der Waals surface area contributed by atoms with E-state index in [2.05, 4.69) is 10.3 Å². The van der Waals surface area contributed by atoms with Crippen molar-refractivity contribution in [3.8, 4) is 0 Å². The molecule has 1 aliphatic heterocycles. The third kappa shape index (κ3) is 2.05. The first kappa shape index (κ1) is 14.6. The predicted octanol–water partition coefficient (Wildman–Crippen LogP) is 4.05. The fourth-order valence-corrected chi connectivity index (χ4v) is 3.41. The lowest BCUT2D eigenvalue weighted by Crippen LogP contribution is -2.27. The van der Waals surface area contributed by atoms with Gasteiger partial charge in [0.1, 0.15) is 5.82 Å². The minimum Gasteiger partial charge on any atom is -0.329 e. The number of halogens is 1. The first-order valence-corrected chi connectivity index (χ1v) is 7.78. The monoisotopic (exact) mass is 321 g/mol. The number of nitrogens with zero attached hydrogens (tertiary/aromatic N) is 2. The number of benzene rings is 2. The summed E-state index contributed by atoms with van der Waals surface area (Å²) in [5, 5.41) is 3.19. The van der Waals surface area contributed by atoms with Gasteiger partial charge in [0.05, 0.1) is 17.1 Å². The normalized spacial score (nSPS) is 16.9. The van der Waals surface area contributed by atoms with Crippen molar-refractivity contribution < 1.29 is 9.18 Å². The van der Waals surface area contributed by atoms with Crippen LogP contribution in [0.25, 0.3) is 11.0 Å². The molecule has 4 rings (SSSR count). The van der Waals surface area contributed by atoms with E-state index in [1.165, 1.54) is 13.0 Å². The number of nitrogens with one attached hydrogen (secondary N) is 1. The lowest BCUT2D eigenvalue weighted by molar-refractivity contribution is -0.114. The Morgan fingerprint density at radius 3 is 2.62 bits per heavy atom. The molecule has 0 spiro atoms. The molecule has 3 aromatic rings. The topological polar surface area (TPSA) is 46.9 Å². The van der Waals surface area contributed by atoms with Gasteiger partial charge in [0.2, 0.25) is 5.95 Å². The van der Waals surface area contributed by atoms with E-state index >= 15 is 0 Å². The highest BCUT2D eigenvalue weighted by molar-refractivity contribution is 5.97. The number of Topliss-reactive ketones (excluding diaryl/α,β-unsaturated/α-hetero) is 1. The third-order valence-corrected chi connectivity index (χ3v) is 4.41. The summed E-state index contributed by atoms with van der Waals surface area (Å²) in [5.41, 5.74) is 3.39. The number of anilines is 1. The summed E-state index contributed by atoms with van der Waals surface area (Å²) in [7, 11) is 0. The van der Waals surface area contributed by atoms with E-state index in [9.17, 15) is 9.18 Å². The van der Waals surface area contributed by atoms with Crippen molar-refractivity contribution >= 4 is 22.8 Å². The van der Waals surface area contributed by atoms with Gasteiger partial charge >= 0.3 is 0 Å². The van der Waals surface area contributed by atoms with Gasteiger partial charge in [0.15, 0.2) is 5.78 Å². The molecule has 0 radical (unpaired) electrons. The maximum Gasteiger partial charge on any atom is 0.209 e. The van der Waals surface area contributed by atoms with E-state index in [4.69, 9.17) is 0 Å². The SMILES string of the molecule is CC(=O)C1=C(C)Nc2nc3ccccc3n2[C@H]1c1ccccc1F. The second-order valence-corrected chi connectivity index (χ2v) is 5.94. The van der Waals surface area contributed by atoms with Gasteiger partial charge < -0.3 is 5.32 Å². The molecule has 0 saturated carbocycles. The van der Waals surface area contributed by atoms with E-state index in [-0.39, 0.29) is 11.6 Å². The molecule has 0 unspecified atom stereocenters. The predicted molar refractivity (Wildman–Crippen MR) is 91.3 cm³/mol. The van der Waals surface area contributed by atoms with Gasteiger partial charge in [-0.2, -0.15) is 0 Å². The molecular weight excluding hydrogens is 305 g/mol. The van der Waals surface area contributed by atoms with Gasteiger partial charge in [-0.25, -0.2) is 9.37 Å². The van der Waals surface area contributed by atoms with Gasteiger partial charge in [-0.05, 0) is 32.0 Å². The summed E-state index contributed by atoms with van der Waals surface area (Å²) in [6.45, 7) is 3.34. The zero-order chi connectivity index (χ0) is 16.8. The van der Waals surface area contributed by atoms with Gasteiger partial charge in [-0.1, -0.05) is 30.3 Å². The van der Waals surface area contributed by atoms with E-state index in [0.717, 1.165) is 11.0 Å². The molecule has 2 heterocycles. The lowest BCUT2D eigenvalue weighted by atomic mass is 9.92. The van der Waals surface area contributed by atoms with Crippen LogP contribution in [0.2, 0.25) is 0 Å². The molecule has 1 aliphatic rings. The first-order valence-electron chi connectivity index (χ1n) is 7.78. The number of ketones is 1. The van der Waals surface area contributed by atoms with E-state index in [1.807, 2.05) is 35.8 Å². The van der Waals surface area contributed by atoms with Crippen LogP contribution in [0.5, 0.6) is 0 Å². The van der Waals surface area contributed by atoms with Crippen LogP contribution in [0.1, 0.15) is 25.5 Å². The zero-order valence-electron chi connectivity index (χ0n) is 13.4. The second kappa shape index (κ2) is 5.30. The standard InChI is InChI=1S/C19H16FN3O/c1-11-17(12(2)24)18(13-7-3-4-8-14(13)20)23-16-10-6-5-9-15(16)22-19(23)21-11/h3-10,18H,1-2H3,(H,21,22)/t18-/m0/s1. The smallest absolute Gasteiger partial charge is 0.209 e.